The summed E-state index contributed by atoms with van der Waals surface area (Å²) in [5.41, 5.74) is 15.0. The van der Waals surface area contributed by atoms with E-state index in [1.807, 2.05) is 36.1 Å². The van der Waals surface area contributed by atoms with Gasteiger partial charge in [0.1, 0.15) is 5.75 Å². The third-order valence-electron chi connectivity index (χ3n) is 4.35. The molecule has 9 nitrogen and oxygen atoms in total. The molecule has 4 N–H and O–H groups in total. The van der Waals surface area contributed by atoms with Crippen molar-refractivity contribution in [3.05, 3.63) is 76.8 Å². The van der Waals surface area contributed by atoms with Crippen LogP contribution in [0.15, 0.2) is 77.0 Å². The first-order valence-electron chi connectivity index (χ1n) is 9.25. The van der Waals surface area contributed by atoms with Crippen LogP contribution < -0.4 is 21.1 Å². The highest BCUT2D eigenvalue weighted by molar-refractivity contribution is 5.60. The number of anilines is 3. The lowest BCUT2D eigenvalue weighted by atomic mass is 10.2. The second kappa shape index (κ2) is 9.37. The Bertz CT molecular complexity index is 1040. The van der Waals surface area contributed by atoms with E-state index in [1.165, 1.54) is 12.1 Å². The Kier molecular flexibility index (Phi) is 6.43. The largest absolute Gasteiger partial charge is 0.471 e. The number of nitrogens with two attached hydrogens (primary N) is 2. The molecule has 0 spiro atoms. The van der Waals surface area contributed by atoms with Gasteiger partial charge < -0.3 is 21.1 Å². The van der Waals surface area contributed by atoms with Gasteiger partial charge in [-0.3, -0.25) is 10.1 Å². The molecule has 30 heavy (non-hydrogen) atoms. The molecule has 154 valence electrons. The van der Waals surface area contributed by atoms with Gasteiger partial charge in [0.15, 0.2) is 6.73 Å². The highest BCUT2D eigenvalue weighted by Gasteiger charge is 2.08. The van der Waals surface area contributed by atoms with Crippen molar-refractivity contribution < 1.29 is 9.66 Å². The molecule has 3 aromatic rings. The van der Waals surface area contributed by atoms with Gasteiger partial charge in [-0.05, 0) is 55.5 Å². The topological polar surface area (TPSA) is 132 Å². The normalized spacial score (nSPS) is 10.8. The Balaban J connectivity index is 1.64. The summed E-state index contributed by atoms with van der Waals surface area (Å²) in [6.45, 7) is 3.06. The van der Waals surface area contributed by atoms with Crippen LogP contribution in [0.2, 0.25) is 0 Å². The van der Waals surface area contributed by atoms with E-state index in [-0.39, 0.29) is 5.69 Å². The van der Waals surface area contributed by atoms with Gasteiger partial charge in [0.25, 0.3) is 5.69 Å². The predicted molar refractivity (Wildman–Crippen MR) is 117 cm³/mol. The number of rotatable bonds is 8. The number of ether oxygens (including phenoxy) is 1. The van der Waals surface area contributed by atoms with Crippen LogP contribution in [0.5, 0.6) is 5.75 Å². The molecule has 0 aromatic heterocycles. The van der Waals surface area contributed by atoms with Gasteiger partial charge in [-0.2, -0.15) is 10.2 Å². The number of nitrogens with zero attached hydrogens (tertiary/aromatic N) is 4. The van der Waals surface area contributed by atoms with Gasteiger partial charge in [-0.15, -0.1) is 0 Å². The van der Waals surface area contributed by atoms with Crippen LogP contribution in [0.25, 0.3) is 0 Å². The van der Waals surface area contributed by atoms with Crippen molar-refractivity contribution in [3.8, 4) is 5.75 Å². The number of non-ortho nitro benzene ring substituents is 1. The lowest BCUT2D eigenvalue weighted by molar-refractivity contribution is -0.384. The number of hydrogen-bond acceptors (Lipinski definition) is 8. The zero-order chi connectivity index (χ0) is 21.5. The van der Waals surface area contributed by atoms with Crippen LogP contribution in [-0.2, 0) is 0 Å². The number of hydrogen-bond donors (Lipinski definition) is 2. The highest BCUT2D eigenvalue weighted by atomic mass is 16.6. The molecule has 0 saturated heterocycles. The Morgan fingerprint density at radius 2 is 1.57 bits per heavy atom. The molecule has 3 rings (SSSR count). The Morgan fingerprint density at radius 1 is 0.967 bits per heavy atom. The molecule has 0 aliphatic carbocycles. The van der Waals surface area contributed by atoms with Crippen molar-refractivity contribution in [1.29, 1.82) is 0 Å². The lowest BCUT2D eigenvalue weighted by Crippen LogP contribution is -2.27. The minimum absolute atomic E-state index is 0.0140. The molecule has 0 saturated carbocycles. The number of nitrogen functional groups attached to an aromatic ring is 2. The summed E-state index contributed by atoms with van der Waals surface area (Å²) in [5.74, 6) is 0.543. The lowest BCUT2D eigenvalue weighted by Gasteiger charge is -2.23. The molecule has 0 aliphatic rings. The molecule has 3 aromatic carbocycles. The van der Waals surface area contributed by atoms with Gasteiger partial charge in [0.2, 0.25) is 0 Å². The van der Waals surface area contributed by atoms with Crippen molar-refractivity contribution in [2.45, 2.75) is 6.92 Å². The maximum atomic E-state index is 10.7. The maximum Gasteiger partial charge on any atom is 0.269 e. The predicted octanol–water partition coefficient (Wildman–Crippen LogP) is 5.04. The SMILES string of the molecule is CCN(COc1cc(N)ccc1N)c1ccc(N=Nc2ccc([N+](=O)[O-])cc2)cc1. The third kappa shape index (κ3) is 5.22. The van der Waals surface area contributed by atoms with E-state index in [1.54, 1.807) is 30.3 Å². The van der Waals surface area contributed by atoms with E-state index >= 15 is 0 Å². The average molecular weight is 406 g/mol. The average Bonchev–Trinajstić information content (AvgIpc) is 2.76. The van der Waals surface area contributed by atoms with Crippen LogP contribution in [0.1, 0.15) is 6.92 Å². The molecule has 0 unspecified atom stereocenters. The monoisotopic (exact) mass is 406 g/mol. The van der Waals surface area contributed by atoms with Crippen molar-refractivity contribution >= 4 is 34.1 Å². The number of nitro benzene ring substituents is 1. The van der Waals surface area contributed by atoms with Crippen LogP contribution in [0.3, 0.4) is 0 Å². The van der Waals surface area contributed by atoms with Gasteiger partial charge in [-0.25, -0.2) is 0 Å². The van der Waals surface area contributed by atoms with Gasteiger partial charge in [0.05, 0.1) is 22.0 Å². The molecule has 0 aliphatic heterocycles. The molecule has 9 heteroatoms. The van der Waals surface area contributed by atoms with Crippen molar-refractivity contribution in [1.82, 2.24) is 0 Å². The maximum absolute atomic E-state index is 10.7. The molecular weight excluding hydrogens is 384 g/mol. The van der Waals surface area contributed by atoms with Crippen LogP contribution >= 0.6 is 0 Å². The fourth-order valence-electron chi connectivity index (χ4n) is 2.66. The van der Waals surface area contributed by atoms with Crippen LogP contribution in [0, 0.1) is 10.1 Å². The van der Waals surface area contributed by atoms with E-state index < -0.39 is 4.92 Å². The minimum atomic E-state index is -0.454. The fourth-order valence-corrected chi connectivity index (χ4v) is 2.66. The van der Waals surface area contributed by atoms with Crippen molar-refractivity contribution in [2.75, 3.05) is 29.6 Å². The summed E-state index contributed by atoms with van der Waals surface area (Å²) >= 11 is 0. The van der Waals surface area contributed by atoms with Gasteiger partial charge in [-0.1, -0.05) is 0 Å². The first-order valence-corrected chi connectivity index (χ1v) is 9.25. The summed E-state index contributed by atoms with van der Waals surface area (Å²) in [5, 5.41) is 19.0. The minimum Gasteiger partial charge on any atom is -0.471 e. The Morgan fingerprint density at radius 3 is 2.13 bits per heavy atom. The molecule has 0 fully saturated rings. The molecule has 0 radical (unpaired) electrons. The first-order chi connectivity index (χ1) is 14.5. The first kappa shape index (κ1) is 20.6. The third-order valence-corrected chi connectivity index (χ3v) is 4.35. The summed E-state index contributed by atoms with van der Waals surface area (Å²) in [4.78, 5) is 12.3. The van der Waals surface area contributed by atoms with Crippen LogP contribution in [-0.4, -0.2) is 18.2 Å². The summed E-state index contributed by atoms with van der Waals surface area (Å²) in [7, 11) is 0. The van der Waals surface area contributed by atoms with Crippen molar-refractivity contribution in [3.63, 3.8) is 0 Å². The van der Waals surface area contributed by atoms with Gasteiger partial charge in [0, 0.05) is 36.1 Å². The number of benzene rings is 3. The van der Waals surface area contributed by atoms with Crippen LogP contribution in [0.4, 0.5) is 34.1 Å². The highest BCUT2D eigenvalue weighted by Crippen LogP contribution is 2.26. The van der Waals surface area contributed by atoms with E-state index in [2.05, 4.69) is 10.2 Å². The Labute approximate surface area is 173 Å². The van der Waals surface area contributed by atoms with E-state index in [9.17, 15) is 10.1 Å². The summed E-state index contributed by atoms with van der Waals surface area (Å²) < 4.78 is 5.82. The van der Waals surface area contributed by atoms with Crippen molar-refractivity contribution in [2.24, 2.45) is 10.2 Å². The molecule has 0 atom stereocenters. The quantitative estimate of drug-likeness (QED) is 0.177. The molecule has 0 bridgehead atoms. The molecule has 0 heterocycles. The second-order valence-electron chi connectivity index (χ2n) is 6.42. The summed E-state index contributed by atoms with van der Waals surface area (Å²) in [6, 6.07) is 18.5. The smallest absolute Gasteiger partial charge is 0.269 e. The van der Waals surface area contributed by atoms with E-state index in [0.29, 0.717) is 35.2 Å². The standard InChI is InChI=1S/C21H22N6O3/c1-2-26(14-30-21-13-15(22)3-12-20(21)23)18-8-4-16(5-9-18)24-25-17-6-10-19(11-7-17)27(28)29/h3-13H,2,14,22-23H2,1H3. The Hall–Kier alpha value is -4.14. The van der Waals surface area contributed by atoms with E-state index in [4.69, 9.17) is 16.2 Å². The number of azo groups is 1. The zero-order valence-corrected chi connectivity index (χ0v) is 16.4. The second-order valence-corrected chi connectivity index (χ2v) is 6.42. The number of nitro groups is 1. The summed E-state index contributed by atoms with van der Waals surface area (Å²) in [6.07, 6.45) is 0. The van der Waals surface area contributed by atoms with Gasteiger partial charge >= 0.3 is 0 Å². The van der Waals surface area contributed by atoms with E-state index in [0.717, 1.165) is 12.2 Å². The molecule has 0 amide bonds. The zero-order valence-electron chi connectivity index (χ0n) is 16.4. The fraction of sp³-hybridized carbons (Fsp3) is 0.143. The molecular formula is C21H22N6O3.